The Hall–Kier alpha value is -2.83. The summed E-state index contributed by atoms with van der Waals surface area (Å²) in [5.41, 5.74) is 0.857. The lowest BCUT2D eigenvalue weighted by Gasteiger charge is -2.21. The van der Waals surface area contributed by atoms with Gasteiger partial charge in [0.15, 0.2) is 0 Å². The topological polar surface area (TPSA) is 87.2 Å². The first kappa shape index (κ1) is 17.5. The van der Waals surface area contributed by atoms with Crippen molar-refractivity contribution in [1.29, 1.82) is 0 Å². The van der Waals surface area contributed by atoms with Gasteiger partial charge in [-0.3, -0.25) is 14.6 Å². The number of carbonyl (C=O) groups excluding carboxylic acids is 1. The van der Waals surface area contributed by atoms with Gasteiger partial charge in [-0.05, 0) is 38.1 Å². The van der Waals surface area contributed by atoms with Crippen LogP contribution in [-0.4, -0.2) is 28.5 Å². The minimum atomic E-state index is -0.515. The van der Waals surface area contributed by atoms with E-state index in [1.807, 2.05) is 24.3 Å². The monoisotopic (exact) mass is 330 g/mol. The average Bonchev–Trinajstić information content (AvgIpc) is 2.56. The first-order valence-electron chi connectivity index (χ1n) is 7.98. The molecule has 2 N–H and O–H groups in total. The fraction of sp³-hybridized carbons (Fsp3) is 0.353. The van der Waals surface area contributed by atoms with Gasteiger partial charge in [-0.2, -0.15) is 0 Å². The highest BCUT2D eigenvalue weighted by atomic mass is 16.2. The summed E-state index contributed by atoms with van der Waals surface area (Å²) >= 11 is 0. The summed E-state index contributed by atoms with van der Waals surface area (Å²) in [4.78, 5) is 38.9. The van der Waals surface area contributed by atoms with Crippen molar-refractivity contribution in [2.75, 3.05) is 23.3 Å². The van der Waals surface area contributed by atoms with Crippen LogP contribution in [0.25, 0.3) is 0 Å². The molecule has 0 radical (unpaired) electrons. The molecular weight excluding hydrogens is 308 g/mol. The van der Waals surface area contributed by atoms with Gasteiger partial charge in [0.1, 0.15) is 0 Å². The Morgan fingerprint density at radius 2 is 1.79 bits per heavy atom. The first-order valence-corrected chi connectivity index (χ1v) is 7.98. The smallest absolute Gasteiger partial charge is 0.328 e. The molecule has 1 heterocycles. The quantitative estimate of drug-likeness (QED) is 0.803. The maximum absolute atomic E-state index is 12.0. The molecule has 0 aliphatic carbocycles. The van der Waals surface area contributed by atoms with Crippen LogP contribution in [0.5, 0.6) is 0 Å². The predicted molar refractivity (Wildman–Crippen MR) is 94.6 cm³/mol. The zero-order valence-corrected chi connectivity index (χ0v) is 13.9. The molecule has 1 amide bonds. The number of benzene rings is 1. The van der Waals surface area contributed by atoms with E-state index in [4.69, 9.17) is 0 Å². The average molecular weight is 330 g/mol. The van der Waals surface area contributed by atoms with Gasteiger partial charge < -0.3 is 14.8 Å². The van der Waals surface area contributed by atoms with Crippen molar-refractivity contribution in [3.63, 3.8) is 0 Å². The van der Waals surface area contributed by atoms with Crippen LogP contribution >= 0.6 is 0 Å². The number of aryl methyl sites for hydroxylation is 1. The molecule has 7 heteroatoms. The molecule has 0 saturated carbocycles. The second-order valence-electron chi connectivity index (χ2n) is 5.32. The number of nitrogens with zero attached hydrogens (tertiary/aromatic N) is 2. The minimum Gasteiger partial charge on any atom is -0.372 e. The van der Waals surface area contributed by atoms with Gasteiger partial charge >= 0.3 is 5.69 Å². The molecular formula is C17H22N4O3. The molecule has 0 aliphatic heterocycles. The summed E-state index contributed by atoms with van der Waals surface area (Å²) in [6, 6.07) is 8.91. The first-order chi connectivity index (χ1) is 11.5. The van der Waals surface area contributed by atoms with Gasteiger partial charge in [-0.1, -0.05) is 0 Å². The van der Waals surface area contributed by atoms with Gasteiger partial charge in [-0.25, -0.2) is 4.79 Å². The maximum atomic E-state index is 12.0. The van der Waals surface area contributed by atoms with E-state index in [0.717, 1.165) is 18.8 Å². The maximum Gasteiger partial charge on any atom is 0.328 e. The van der Waals surface area contributed by atoms with E-state index >= 15 is 0 Å². The van der Waals surface area contributed by atoms with E-state index in [1.54, 1.807) is 0 Å². The number of carbonyl (C=O) groups is 1. The molecule has 0 atom stereocenters. The summed E-state index contributed by atoms with van der Waals surface area (Å²) in [6.07, 6.45) is 1.52. The van der Waals surface area contributed by atoms with Crippen LogP contribution in [0.3, 0.4) is 0 Å². The summed E-state index contributed by atoms with van der Waals surface area (Å²) < 4.78 is 1.30. The van der Waals surface area contributed by atoms with Crippen molar-refractivity contribution in [1.82, 2.24) is 9.55 Å². The molecule has 2 aromatic rings. The third-order valence-electron chi connectivity index (χ3n) is 3.76. The zero-order valence-electron chi connectivity index (χ0n) is 13.9. The molecule has 0 bridgehead atoms. The third kappa shape index (κ3) is 4.58. The number of hydrogen-bond acceptors (Lipinski definition) is 4. The Morgan fingerprint density at radius 1 is 1.12 bits per heavy atom. The Bertz CT molecular complexity index is 788. The summed E-state index contributed by atoms with van der Waals surface area (Å²) in [5, 5.41) is 2.80. The molecule has 7 nitrogen and oxygen atoms in total. The van der Waals surface area contributed by atoms with Crippen LogP contribution in [0.1, 0.15) is 20.3 Å². The number of aromatic amines is 1. The van der Waals surface area contributed by atoms with E-state index in [2.05, 4.69) is 29.0 Å². The third-order valence-corrected chi connectivity index (χ3v) is 3.76. The number of anilines is 2. The van der Waals surface area contributed by atoms with Crippen molar-refractivity contribution in [3.05, 3.63) is 57.4 Å². The SMILES string of the molecule is CCN(CC)c1ccc(NC(=O)CCn2ccc(=O)[nH]c2=O)cc1. The Balaban J connectivity index is 1.92. The highest BCUT2D eigenvalue weighted by Crippen LogP contribution is 2.17. The number of nitrogens with one attached hydrogen (secondary N) is 2. The molecule has 128 valence electrons. The lowest BCUT2D eigenvalue weighted by atomic mass is 10.2. The number of aromatic nitrogens is 2. The molecule has 2 rings (SSSR count). The van der Waals surface area contributed by atoms with Gasteiger partial charge in [0.05, 0.1) is 0 Å². The fourth-order valence-electron chi connectivity index (χ4n) is 2.41. The van der Waals surface area contributed by atoms with E-state index in [1.165, 1.54) is 16.8 Å². The van der Waals surface area contributed by atoms with Crippen molar-refractivity contribution >= 4 is 17.3 Å². The lowest BCUT2D eigenvalue weighted by molar-refractivity contribution is -0.116. The Labute approximate surface area is 139 Å². The van der Waals surface area contributed by atoms with Crippen molar-refractivity contribution in [2.45, 2.75) is 26.8 Å². The highest BCUT2D eigenvalue weighted by Gasteiger charge is 2.06. The van der Waals surface area contributed by atoms with E-state index in [0.29, 0.717) is 5.69 Å². The lowest BCUT2D eigenvalue weighted by Crippen LogP contribution is -2.29. The van der Waals surface area contributed by atoms with Crippen LogP contribution in [0.15, 0.2) is 46.1 Å². The number of amides is 1. The van der Waals surface area contributed by atoms with Crippen LogP contribution < -0.4 is 21.5 Å². The van der Waals surface area contributed by atoms with Crippen molar-refractivity contribution in [3.8, 4) is 0 Å². The largest absolute Gasteiger partial charge is 0.372 e. The highest BCUT2D eigenvalue weighted by molar-refractivity contribution is 5.90. The van der Waals surface area contributed by atoms with Crippen LogP contribution in [0.2, 0.25) is 0 Å². The fourth-order valence-corrected chi connectivity index (χ4v) is 2.41. The molecule has 1 aromatic heterocycles. The van der Waals surface area contributed by atoms with Gasteiger partial charge in [0, 0.05) is 49.7 Å². The normalized spacial score (nSPS) is 10.4. The predicted octanol–water partition coefficient (Wildman–Crippen LogP) is 1.41. The standard InChI is InChI=1S/C17H22N4O3/c1-3-20(4-2)14-7-5-13(6-8-14)18-15(22)9-11-21-12-10-16(23)19-17(21)24/h5-8,10,12H,3-4,9,11H2,1-2H3,(H,18,22)(H,19,23,24). The van der Waals surface area contributed by atoms with Crippen molar-refractivity contribution in [2.24, 2.45) is 0 Å². The van der Waals surface area contributed by atoms with Crippen LogP contribution in [-0.2, 0) is 11.3 Å². The zero-order chi connectivity index (χ0) is 17.5. The summed E-state index contributed by atoms with van der Waals surface area (Å²) in [7, 11) is 0. The molecule has 0 fully saturated rings. The Kier molecular flexibility index (Phi) is 5.95. The van der Waals surface area contributed by atoms with Crippen LogP contribution in [0, 0.1) is 0 Å². The van der Waals surface area contributed by atoms with E-state index < -0.39 is 11.2 Å². The van der Waals surface area contributed by atoms with Crippen LogP contribution in [0.4, 0.5) is 11.4 Å². The van der Waals surface area contributed by atoms with Gasteiger partial charge in [0.25, 0.3) is 5.56 Å². The number of rotatable bonds is 7. The molecule has 0 aliphatic rings. The number of hydrogen-bond donors (Lipinski definition) is 2. The van der Waals surface area contributed by atoms with Gasteiger partial charge in [-0.15, -0.1) is 0 Å². The minimum absolute atomic E-state index is 0.143. The molecule has 24 heavy (non-hydrogen) atoms. The van der Waals surface area contributed by atoms with Gasteiger partial charge in [0.2, 0.25) is 5.91 Å². The van der Waals surface area contributed by atoms with E-state index in [9.17, 15) is 14.4 Å². The molecule has 0 unspecified atom stereocenters. The Morgan fingerprint density at radius 3 is 2.38 bits per heavy atom. The second kappa shape index (κ2) is 8.14. The second-order valence-corrected chi connectivity index (χ2v) is 5.32. The number of H-pyrrole nitrogens is 1. The molecule has 0 saturated heterocycles. The van der Waals surface area contributed by atoms with Crippen molar-refractivity contribution < 1.29 is 4.79 Å². The summed E-state index contributed by atoms with van der Waals surface area (Å²) in [5.74, 6) is -0.191. The molecule has 1 aromatic carbocycles. The van der Waals surface area contributed by atoms with E-state index in [-0.39, 0.29) is 18.9 Å². The molecule has 0 spiro atoms. The summed E-state index contributed by atoms with van der Waals surface area (Å²) in [6.45, 7) is 6.25.